The van der Waals surface area contributed by atoms with Crippen LogP contribution in [0.15, 0.2) is 34.5 Å². The monoisotopic (exact) mass is 432 g/mol. The molecule has 0 radical (unpaired) electrons. The Bertz CT molecular complexity index is 846. The highest BCUT2D eigenvalue weighted by atomic mass is 35.5. The molecule has 8 heteroatoms. The minimum Gasteiger partial charge on any atom is -0.298 e. The fraction of sp³-hybridized carbons (Fsp3) is 0.444. The number of thiophene rings is 1. The van der Waals surface area contributed by atoms with Gasteiger partial charge in [-0.25, -0.2) is 13.1 Å². The number of nitrogens with zero attached hydrogens (tertiary/aromatic N) is 1. The van der Waals surface area contributed by atoms with E-state index in [1.165, 1.54) is 17.0 Å². The van der Waals surface area contributed by atoms with E-state index in [9.17, 15) is 8.42 Å². The number of sulfonamides is 1. The van der Waals surface area contributed by atoms with Gasteiger partial charge in [-0.2, -0.15) is 0 Å². The number of likely N-dealkylation sites (tertiary alicyclic amines) is 1. The molecule has 1 N–H and O–H groups in total. The van der Waals surface area contributed by atoms with E-state index in [0.29, 0.717) is 23.0 Å². The molecule has 3 rings (SSSR count). The fourth-order valence-electron chi connectivity index (χ4n) is 3.11. The average Bonchev–Trinajstić information content (AvgIpc) is 3.10. The van der Waals surface area contributed by atoms with Gasteiger partial charge in [0.05, 0.1) is 5.02 Å². The Morgan fingerprint density at radius 2 is 1.96 bits per heavy atom. The highest BCUT2D eigenvalue weighted by Gasteiger charge is 2.24. The molecule has 0 saturated carbocycles. The van der Waals surface area contributed by atoms with E-state index in [1.54, 1.807) is 18.3 Å². The van der Waals surface area contributed by atoms with Gasteiger partial charge in [-0.1, -0.05) is 29.3 Å². The summed E-state index contributed by atoms with van der Waals surface area (Å²) in [6.45, 7) is 5.17. The van der Waals surface area contributed by atoms with Crippen molar-refractivity contribution in [3.05, 3.63) is 50.1 Å². The molecule has 0 bridgehead atoms. The zero-order valence-corrected chi connectivity index (χ0v) is 17.7. The maximum absolute atomic E-state index is 12.6. The lowest BCUT2D eigenvalue weighted by molar-refractivity contribution is 0.180. The molecule has 4 nitrogen and oxygen atoms in total. The summed E-state index contributed by atoms with van der Waals surface area (Å²) in [6, 6.07) is 7.24. The maximum atomic E-state index is 12.6. The SMILES string of the molecule is Cc1cc(S(=O)(=O)NCC2CCN(Cc3cccs3)CC2)c(Cl)cc1Cl. The van der Waals surface area contributed by atoms with Crippen LogP contribution < -0.4 is 4.72 Å². The summed E-state index contributed by atoms with van der Waals surface area (Å²) in [7, 11) is -3.64. The number of piperidine rings is 1. The summed E-state index contributed by atoms with van der Waals surface area (Å²) >= 11 is 13.9. The van der Waals surface area contributed by atoms with Gasteiger partial charge in [0.25, 0.3) is 0 Å². The van der Waals surface area contributed by atoms with E-state index >= 15 is 0 Å². The van der Waals surface area contributed by atoms with Crippen LogP contribution in [0, 0.1) is 12.8 Å². The lowest BCUT2D eigenvalue weighted by Crippen LogP contribution is -2.38. The molecule has 2 aromatic rings. The third-order valence-electron chi connectivity index (χ3n) is 4.73. The molecule has 142 valence electrons. The van der Waals surface area contributed by atoms with Crippen molar-refractivity contribution >= 4 is 44.6 Å². The van der Waals surface area contributed by atoms with E-state index in [2.05, 4.69) is 27.1 Å². The average molecular weight is 433 g/mol. The predicted octanol–water partition coefficient (Wildman–Crippen LogP) is 4.55. The molecular weight excluding hydrogens is 411 g/mol. The molecule has 0 amide bonds. The third-order valence-corrected chi connectivity index (χ3v) is 7.89. The van der Waals surface area contributed by atoms with Crippen LogP contribution in [0.4, 0.5) is 0 Å². The van der Waals surface area contributed by atoms with Gasteiger partial charge in [-0.15, -0.1) is 11.3 Å². The zero-order chi connectivity index (χ0) is 18.7. The van der Waals surface area contributed by atoms with Gasteiger partial charge >= 0.3 is 0 Å². The van der Waals surface area contributed by atoms with E-state index in [4.69, 9.17) is 23.2 Å². The lowest BCUT2D eigenvalue weighted by atomic mass is 9.97. The topological polar surface area (TPSA) is 49.4 Å². The second-order valence-corrected chi connectivity index (χ2v) is 10.3. The predicted molar refractivity (Wildman–Crippen MR) is 109 cm³/mol. The third kappa shape index (κ3) is 5.00. The first-order chi connectivity index (χ1) is 12.3. The molecule has 1 saturated heterocycles. The Morgan fingerprint density at radius 3 is 2.62 bits per heavy atom. The van der Waals surface area contributed by atoms with Crippen molar-refractivity contribution in [2.24, 2.45) is 5.92 Å². The largest absolute Gasteiger partial charge is 0.298 e. The Morgan fingerprint density at radius 1 is 1.23 bits per heavy atom. The molecular formula is C18H22Cl2N2O2S2. The van der Waals surface area contributed by atoms with Crippen LogP contribution in [0.25, 0.3) is 0 Å². The van der Waals surface area contributed by atoms with Crippen LogP contribution in [0.5, 0.6) is 0 Å². The van der Waals surface area contributed by atoms with Crippen molar-refractivity contribution in [3.63, 3.8) is 0 Å². The van der Waals surface area contributed by atoms with Crippen molar-refractivity contribution in [1.82, 2.24) is 9.62 Å². The summed E-state index contributed by atoms with van der Waals surface area (Å²) in [6.07, 6.45) is 1.97. The van der Waals surface area contributed by atoms with E-state index in [-0.39, 0.29) is 9.92 Å². The molecule has 1 aromatic heterocycles. The first-order valence-corrected chi connectivity index (χ1v) is 11.7. The molecule has 0 aliphatic carbocycles. The quantitative estimate of drug-likeness (QED) is 0.727. The van der Waals surface area contributed by atoms with Crippen molar-refractivity contribution in [1.29, 1.82) is 0 Å². The normalized spacial score (nSPS) is 16.9. The zero-order valence-electron chi connectivity index (χ0n) is 14.5. The number of nitrogens with one attached hydrogen (secondary N) is 1. The van der Waals surface area contributed by atoms with Gasteiger partial charge in [-0.3, -0.25) is 4.90 Å². The molecule has 1 aliphatic rings. The fourth-order valence-corrected chi connectivity index (χ4v) is 5.81. The van der Waals surface area contributed by atoms with Gasteiger partial charge in [0.2, 0.25) is 10.0 Å². The van der Waals surface area contributed by atoms with E-state index in [1.807, 2.05) is 0 Å². The van der Waals surface area contributed by atoms with Crippen LogP contribution in [0.3, 0.4) is 0 Å². The number of rotatable bonds is 6. The summed E-state index contributed by atoms with van der Waals surface area (Å²) < 4.78 is 27.9. The summed E-state index contributed by atoms with van der Waals surface area (Å²) in [5, 5.41) is 2.71. The Labute approximate surface area is 169 Å². The van der Waals surface area contributed by atoms with Crippen molar-refractivity contribution in [3.8, 4) is 0 Å². The van der Waals surface area contributed by atoms with Crippen LogP contribution in [0.1, 0.15) is 23.3 Å². The second-order valence-electron chi connectivity index (χ2n) is 6.68. The number of halogens is 2. The van der Waals surface area contributed by atoms with Crippen LogP contribution in [-0.4, -0.2) is 33.0 Å². The molecule has 1 fully saturated rings. The molecule has 0 spiro atoms. The maximum Gasteiger partial charge on any atom is 0.242 e. The molecule has 2 heterocycles. The molecule has 26 heavy (non-hydrogen) atoms. The Kier molecular flexibility index (Phi) is 6.64. The second kappa shape index (κ2) is 8.59. The molecule has 1 aliphatic heterocycles. The highest BCUT2D eigenvalue weighted by molar-refractivity contribution is 7.89. The van der Waals surface area contributed by atoms with Crippen molar-refractivity contribution in [2.75, 3.05) is 19.6 Å². The van der Waals surface area contributed by atoms with Crippen LogP contribution in [-0.2, 0) is 16.6 Å². The smallest absolute Gasteiger partial charge is 0.242 e. The first-order valence-electron chi connectivity index (χ1n) is 8.55. The number of benzene rings is 1. The minimum absolute atomic E-state index is 0.0937. The van der Waals surface area contributed by atoms with Gasteiger partial charge in [0, 0.05) is 23.0 Å². The Balaban J connectivity index is 1.54. The van der Waals surface area contributed by atoms with Gasteiger partial charge in [-0.05, 0) is 67.9 Å². The van der Waals surface area contributed by atoms with Crippen LogP contribution >= 0.6 is 34.5 Å². The standard InChI is InChI=1S/C18H22Cl2N2O2S2/c1-13-9-18(17(20)10-16(13)19)26(23,24)21-11-14-4-6-22(7-5-14)12-15-3-2-8-25-15/h2-3,8-10,14,21H,4-7,11-12H2,1H3. The summed E-state index contributed by atoms with van der Waals surface area (Å²) in [4.78, 5) is 3.89. The Hall–Kier alpha value is -0.630. The summed E-state index contributed by atoms with van der Waals surface area (Å²) in [5.74, 6) is 0.344. The number of hydrogen-bond donors (Lipinski definition) is 1. The van der Waals surface area contributed by atoms with Crippen molar-refractivity contribution in [2.45, 2.75) is 31.2 Å². The highest BCUT2D eigenvalue weighted by Crippen LogP contribution is 2.28. The van der Waals surface area contributed by atoms with Gasteiger partial charge < -0.3 is 0 Å². The van der Waals surface area contributed by atoms with Gasteiger partial charge in [0.1, 0.15) is 4.90 Å². The molecule has 0 unspecified atom stereocenters. The lowest BCUT2D eigenvalue weighted by Gasteiger charge is -2.31. The van der Waals surface area contributed by atoms with Crippen LogP contribution in [0.2, 0.25) is 10.0 Å². The minimum atomic E-state index is -3.64. The summed E-state index contributed by atoms with van der Waals surface area (Å²) in [5.41, 5.74) is 0.693. The van der Waals surface area contributed by atoms with Crippen molar-refractivity contribution < 1.29 is 8.42 Å². The molecule has 0 atom stereocenters. The van der Waals surface area contributed by atoms with E-state index in [0.717, 1.165) is 32.5 Å². The molecule has 1 aromatic carbocycles. The first kappa shape index (κ1) is 20.1. The van der Waals surface area contributed by atoms with E-state index < -0.39 is 10.0 Å². The number of hydrogen-bond acceptors (Lipinski definition) is 4. The number of aryl methyl sites for hydroxylation is 1. The van der Waals surface area contributed by atoms with Gasteiger partial charge in [0.15, 0.2) is 0 Å².